The predicted octanol–water partition coefficient (Wildman–Crippen LogP) is 5.56. The molecule has 0 radical (unpaired) electrons. The van der Waals surface area contributed by atoms with Gasteiger partial charge in [0.2, 0.25) is 0 Å². The summed E-state index contributed by atoms with van der Waals surface area (Å²) >= 11 is 1.45. The van der Waals surface area contributed by atoms with E-state index in [4.69, 9.17) is 10.00 Å². The molecule has 0 aliphatic heterocycles. The molecular formula is C20H24N4O2S. The van der Waals surface area contributed by atoms with Gasteiger partial charge in [-0.25, -0.2) is 4.79 Å². The second-order valence-corrected chi connectivity index (χ2v) is 7.05. The van der Waals surface area contributed by atoms with E-state index in [1.54, 1.807) is 0 Å². The number of hydrogen-bond acceptors (Lipinski definition) is 7. The van der Waals surface area contributed by atoms with E-state index in [0.717, 1.165) is 34.8 Å². The van der Waals surface area contributed by atoms with Crippen molar-refractivity contribution in [1.29, 1.82) is 5.26 Å². The third kappa shape index (κ3) is 5.14. The quantitative estimate of drug-likeness (QED) is 0.441. The molecule has 0 saturated heterocycles. The number of carbonyl (C=O) groups excluding carboxylic acids is 1. The minimum Gasteiger partial charge on any atom is -0.465 e. The molecule has 7 heteroatoms. The van der Waals surface area contributed by atoms with E-state index in [-0.39, 0.29) is 0 Å². The summed E-state index contributed by atoms with van der Waals surface area (Å²) in [6.45, 7) is 7.60. The van der Waals surface area contributed by atoms with E-state index < -0.39 is 5.97 Å². The fraction of sp³-hybridized carbons (Fsp3) is 0.400. The number of aryl methyl sites for hydroxylation is 2. The highest BCUT2D eigenvalue weighted by Crippen LogP contribution is 2.34. The fourth-order valence-electron chi connectivity index (χ4n) is 2.64. The number of hydrogen-bond donors (Lipinski definition) is 0. The smallest absolute Gasteiger partial charge is 0.341 e. The van der Waals surface area contributed by atoms with Crippen molar-refractivity contribution in [2.45, 2.75) is 33.6 Å². The number of nitrogens with zero attached hydrogens (tertiary/aromatic N) is 4. The van der Waals surface area contributed by atoms with Gasteiger partial charge >= 0.3 is 5.97 Å². The number of methoxy groups -OCH3 is 1. The zero-order valence-electron chi connectivity index (χ0n) is 16.2. The van der Waals surface area contributed by atoms with Crippen LogP contribution in [0, 0.1) is 18.3 Å². The van der Waals surface area contributed by atoms with Crippen molar-refractivity contribution in [3.05, 3.63) is 40.3 Å². The third-order valence-corrected chi connectivity index (χ3v) is 5.35. The Morgan fingerprint density at radius 1 is 1.30 bits per heavy atom. The Morgan fingerprint density at radius 2 is 2.07 bits per heavy atom. The van der Waals surface area contributed by atoms with Crippen LogP contribution in [0.5, 0.6) is 0 Å². The van der Waals surface area contributed by atoms with Gasteiger partial charge in [-0.05, 0) is 50.1 Å². The number of ether oxygens (including phenoxy) is 1. The fourth-order valence-corrected chi connectivity index (χ4v) is 3.54. The van der Waals surface area contributed by atoms with E-state index >= 15 is 0 Å². The second-order valence-electron chi connectivity index (χ2n) is 5.94. The van der Waals surface area contributed by atoms with Crippen molar-refractivity contribution in [1.82, 2.24) is 0 Å². The van der Waals surface area contributed by atoms with E-state index in [9.17, 15) is 4.79 Å². The summed E-state index contributed by atoms with van der Waals surface area (Å²) in [7, 11) is 1.36. The van der Waals surface area contributed by atoms with Crippen LogP contribution in [0.3, 0.4) is 0 Å². The van der Waals surface area contributed by atoms with E-state index in [2.05, 4.69) is 28.1 Å². The van der Waals surface area contributed by atoms with Gasteiger partial charge in [0.15, 0.2) is 5.00 Å². The number of nitriles is 1. The molecule has 0 unspecified atom stereocenters. The number of anilines is 1. The zero-order chi connectivity index (χ0) is 19.8. The lowest BCUT2D eigenvalue weighted by molar-refractivity contribution is 0.0602. The molecule has 0 spiro atoms. The zero-order valence-corrected chi connectivity index (χ0v) is 17.0. The van der Waals surface area contributed by atoms with Crippen LogP contribution in [0.25, 0.3) is 0 Å². The van der Waals surface area contributed by atoms with E-state index in [0.29, 0.717) is 23.5 Å². The number of thiophene rings is 1. The molecule has 0 aliphatic carbocycles. The van der Waals surface area contributed by atoms with Gasteiger partial charge in [-0.3, -0.25) is 0 Å². The highest BCUT2D eigenvalue weighted by Gasteiger charge is 2.16. The first kappa shape index (κ1) is 20.6. The number of esters is 1. The molecule has 6 nitrogen and oxygen atoms in total. The van der Waals surface area contributed by atoms with Crippen LogP contribution < -0.4 is 4.90 Å². The van der Waals surface area contributed by atoms with Crippen LogP contribution in [-0.2, 0) is 11.2 Å². The van der Waals surface area contributed by atoms with Crippen LogP contribution >= 0.6 is 11.3 Å². The summed E-state index contributed by atoms with van der Waals surface area (Å²) in [4.78, 5) is 15.1. The van der Waals surface area contributed by atoms with Gasteiger partial charge in [0.25, 0.3) is 0 Å². The Morgan fingerprint density at radius 3 is 2.67 bits per heavy atom. The summed E-state index contributed by atoms with van der Waals surface area (Å²) < 4.78 is 4.83. The Labute approximate surface area is 164 Å². The topological polar surface area (TPSA) is 78.0 Å². The Hall–Kier alpha value is -2.72. The van der Waals surface area contributed by atoms with Crippen molar-refractivity contribution < 1.29 is 9.53 Å². The molecule has 0 fully saturated rings. The molecule has 0 N–H and O–H groups in total. The lowest BCUT2D eigenvalue weighted by Gasteiger charge is -2.22. The van der Waals surface area contributed by atoms with Gasteiger partial charge in [-0.2, -0.15) is 5.26 Å². The number of azo groups is 1. The van der Waals surface area contributed by atoms with Crippen LogP contribution in [0.15, 0.2) is 34.5 Å². The van der Waals surface area contributed by atoms with Crippen molar-refractivity contribution in [3.8, 4) is 6.07 Å². The van der Waals surface area contributed by atoms with E-state index in [1.807, 2.05) is 38.1 Å². The van der Waals surface area contributed by atoms with Gasteiger partial charge in [0.05, 0.1) is 30.9 Å². The van der Waals surface area contributed by atoms with Crippen LogP contribution in [-0.4, -0.2) is 26.2 Å². The number of benzene rings is 1. The lowest BCUT2D eigenvalue weighted by Crippen LogP contribution is -2.23. The first-order valence-corrected chi connectivity index (χ1v) is 9.70. The van der Waals surface area contributed by atoms with Crippen molar-refractivity contribution in [2.75, 3.05) is 25.1 Å². The molecule has 1 aromatic heterocycles. The van der Waals surface area contributed by atoms with Gasteiger partial charge < -0.3 is 9.64 Å². The van der Waals surface area contributed by atoms with Crippen molar-refractivity contribution in [2.24, 2.45) is 10.2 Å². The monoisotopic (exact) mass is 384 g/mol. The maximum absolute atomic E-state index is 11.9. The third-order valence-electron chi connectivity index (χ3n) is 4.19. The molecule has 0 saturated carbocycles. The minimum absolute atomic E-state index is 0.400. The summed E-state index contributed by atoms with van der Waals surface area (Å²) in [5.41, 5.74) is 3.24. The molecule has 0 atom stereocenters. The average molecular weight is 385 g/mol. The molecule has 1 heterocycles. The summed E-state index contributed by atoms with van der Waals surface area (Å²) in [5.74, 6) is -0.400. The summed E-state index contributed by atoms with van der Waals surface area (Å²) in [6.07, 6.45) is 1.32. The normalized spacial score (nSPS) is 10.8. The molecule has 0 aliphatic rings. The van der Waals surface area contributed by atoms with Crippen LogP contribution in [0.4, 0.5) is 16.4 Å². The SMILES string of the molecule is CCc1cc(C(=O)OC)c(N=Nc2ccc(N(CC)CCC#N)cc2C)s1. The summed E-state index contributed by atoms with van der Waals surface area (Å²) in [6, 6.07) is 9.93. The average Bonchev–Trinajstić information content (AvgIpc) is 3.10. The maximum Gasteiger partial charge on any atom is 0.341 e. The highest BCUT2D eigenvalue weighted by atomic mass is 32.1. The molecule has 0 amide bonds. The first-order chi connectivity index (χ1) is 13.0. The van der Waals surface area contributed by atoms with Crippen molar-refractivity contribution in [3.63, 3.8) is 0 Å². The highest BCUT2D eigenvalue weighted by molar-refractivity contribution is 7.16. The van der Waals surface area contributed by atoms with Gasteiger partial charge in [0, 0.05) is 23.7 Å². The summed E-state index contributed by atoms with van der Waals surface area (Å²) in [5, 5.41) is 18.0. The molecule has 142 valence electrons. The second kappa shape index (κ2) is 9.83. The predicted molar refractivity (Wildman–Crippen MR) is 109 cm³/mol. The molecule has 27 heavy (non-hydrogen) atoms. The standard InChI is InChI=1S/C20H24N4O2S/c1-5-16-13-17(20(25)26-4)19(27-16)23-22-18-9-8-15(12-14(18)3)24(6-2)11-7-10-21/h8-9,12-13H,5-7,11H2,1-4H3. The van der Waals surface area contributed by atoms with Gasteiger partial charge in [-0.15, -0.1) is 21.6 Å². The van der Waals surface area contributed by atoms with Crippen LogP contribution in [0.1, 0.15) is 41.1 Å². The Bertz CT molecular complexity index is 867. The lowest BCUT2D eigenvalue weighted by atomic mass is 10.1. The first-order valence-electron chi connectivity index (χ1n) is 8.89. The molecular weight excluding hydrogens is 360 g/mol. The molecule has 2 aromatic rings. The Kier molecular flexibility index (Phi) is 7.50. The van der Waals surface area contributed by atoms with E-state index in [1.165, 1.54) is 18.4 Å². The molecule has 0 bridgehead atoms. The number of rotatable bonds is 8. The molecule has 2 rings (SSSR count). The number of carbonyl (C=O) groups is 1. The van der Waals surface area contributed by atoms with Gasteiger partial charge in [0.1, 0.15) is 0 Å². The van der Waals surface area contributed by atoms with Gasteiger partial charge in [-0.1, -0.05) is 6.92 Å². The largest absolute Gasteiger partial charge is 0.465 e. The van der Waals surface area contributed by atoms with Crippen LogP contribution in [0.2, 0.25) is 0 Å². The maximum atomic E-state index is 11.9. The minimum atomic E-state index is -0.400. The van der Waals surface area contributed by atoms with Crippen molar-refractivity contribution >= 4 is 33.7 Å². The molecule has 1 aromatic carbocycles. The Balaban J connectivity index is 2.26.